The highest BCUT2D eigenvalue weighted by Gasteiger charge is 2.38. The maximum atomic E-state index is 12.6. The molecule has 23 heavy (non-hydrogen) atoms. The molecule has 0 bridgehead atoms. The van der Waals surface area contributed by atoms with Gasteiger partial charge in [-0.2, -0.15) is 0 Å². The zero-order chi connectivity index (χ0) is 16.6. The second kappa shape index (κ2) is 6.71. The zero-order valence-corrected chi connectivity index (χ0v) is 14.1. The van der Waals surface area contributed by atoms with E-state index in [4.69, 9.17) is 0 Å². The number of aliphatic hydroxyl groups is 2. The Morgan fingerprint density at radius 1 is 1.22 bits per heavy atom. The zero-order valence-electron chi connectivity index (χ0n) is 14.1. The molecule has 2 aliphatic rings. The molecule has 1 aromatic carbocycles. The maximum absolute atomic E-state index is 12.6. The van der Waals surface area contributed by atoms with E-state index in [-0.39, 0.29) is 25.2 Å². The van der Waals surface area contributed by atoms with E-state index in [9.17, 15) is 15.0 Å². The van der Waals surface area contributed by atoms with Crippen LogP contribution in [0.1, 0.15) is 55.0 Å². The van der Waals surface area contributed by atoms with Gasteiger partial charge >= 0.3 is 0 Å². The molecular weight excluding hydrogens is 290 g/mol. The van der Waals surface area contributed by atoms with Gasteiger partial charge in [-0.15, -0.1) is 0 Å². The first-order valence-electron chi connectivity index (χ1n) is 8.66. The van der Waals surface area contributed by atoms with Crippen molar-refractivity contribution in [2.45, 2.75) is 52.4 Å². The van der Waals surface area contributed by atoms with Crippen LogP contribution in [0.25, 0.3) is 0 Å². The molecule has 2 heterocycles. The summed E-state index contributed by atoms with van der Waals surface area (Å²) in [6.07, 6.45) is 2.50. The molecule has 2 N–H and O–H groups in total. The summed E-state index contributed by atoms with van der Waals surface area (Å²) in [5.41, 5.74) is 3.99. The van der Waals surface area contributed by atoms with Gasteiger partial charge in [-0.05, 0) is 41.0 Å². The summed E-state index contributed by atoms with van der Waals surface area (Å²) in [7, 11) is 0. The molecule has 4 nitrogen and oxygen atoms in total. The number of hydrogen-bond acceptors (Lipinski definition) is 4. The minimum absolute atomic E-state index is 0.0487. The van der Waals surface area contributed by atoms with Crippen LogP contribution < -0.4 is 0 Å². The first-order valence-corrected chi connectivity index (χ1v) is 8.66. The van der Waals surface area contributed by atoms with Gasteiger partial charge in [0.25, 0.3) is 0 Å². The molecule has 2 aliphatic heterocycles. The number of ketones is 1. The van der Waals surface area contributed by atoms with Crippen LogP contribution in [0.5, 0.6) is 0 Å². The van der Waals surface area contributed by atoms with E-state index in [1.54, 1.807) is 0 Å². The molecule has 0 aromatic heterocycles. The maximum Gasteiger partial charge on any atom is 0.139 e. The fourth-order valence-corrected chi connectivity index (χ4v) is 4.17. The molecule has 3 rings (SSSR count). The van der Waals surface area contributed by atoms with Crippen LogP contribution in [0.3, 0.4) is 0 Å². The number of carbonyl (C=O) groups is 1. The van der Waals surface area contributed by atoms with Crippen molar-refractivity contribution < 1.29 is 15.0 Å². The van der Waals surface area contributed by atoms with Crippen molar-refractivity contribution >= 4 is 5.78 Å². The van der Waals surface area contributed by atoms with Crippen molar-refractivity contribution in [2.75, 3.05) is 13.1 Å². The third-order valence-corrected chi connectivity index (χ3v) is 5.33. The van der Waals surface area contributed by atoms with Crippen LogP contribution >= 0.6 is 0 Å². The van der Waals surface area contributed by atoms with E-state index in [0.29, 0.717) is 18.1 Å². The van der Waals surface area contributed by atoms with Gasteiger partial charge in [0.15, 0.2) is 0 Å². The van der Waals surface area contributed by atoms with Crippen molar-refractivity contribution in [1.82, 2.24) is 4.90 Å². The summed E-state index contributed by atoms with van der Waals surface area (Å²) in [5, 5.41) is 19.0. The van der Waals surface area contributed by atoms with Crippen molar-refractivity contribution in [2.24, 2.45) is 11.8 Å². The second-order valence-corrected chi connectivity index (χ2v) is 7.39. The number of rotatable bonds is 4. The first-order chi connectivity index (χ1) is 11.0. The molecule has 126 valence electrons. The Bertz CT molecular complexity index is 597. The SMILES string of the molecule is CC(C)C[C@H]1CN2CCc3cc(CO)c(CO)cc3[C@@H]2CC1=O. The van der Waals surface area contributed by atoms with Gasteiger partial charge in [-0.3, -0.25) is 9.69 Å². The largest absolute Gasteiger partial charge is 0.392 e. The lowest BCUT2D eigenvalue weighted by Gasteiger charge is -2.43. The van der Waals surface area contributed by atoms with Gasteiger partial charge < -0.3 is 10.2 Å². The summed E-state index contributed by atoms with van der Waals surface area (Å²) in [6, 6.07) is 4.17. The van der Waals surface area contributed by atoms with Crippen LogP contribution in [0.4, 0.5) is 0 Å². The van der Waals surface area contributed by atoms with Crippen LogP contribution in [-0.2, 0) is 24.4 Å². The number of carbonyl (C=O) groups excluding carboxylic acids is 1. The molecular formula is C19H27NO3. The number of nitrogens with zero attached hydrogens (tertiary/aromatic N) is 1. The number of aliphatic hydroxyl groups excluding tert-OH is 2. The average molecular weight is 317 g/mol. The fourth-order valence-electron chi connectivity index (χ4n) is 4.17. The Labute approximate surface area is 138 Å². The molecule has 0 unspecified atom stereocenters. The summed E-state index contributed by atoms with van der Waals surface area (Å²) in [6.45, 7) is 6.07. The lowest BCUT2D eigenvalue weighted by Crippen LogP contribution is -2.46. The molecule has 2 atom stereocenters. The molecule has 4 heteroatoms. The highest BCUT2D eigenvalue weighted by molar-refractivity contribution is 5.83. The monoisotopic (exact) mass is 317 g/mol. The number of hydrogen-bond donors (Lipinski definition) is 2. The minimum Gasteiger partial charge on any atom is -0.392 e. The lowest BCUT2D eigenvalue weighted by molar-refractivity contribution is -0.129. The van der Waals surface area contributed by atoms with Crippen LogP contribution in [0.15, 0.2) is 12.1 Å². The normalized spacial score (nSPS) is 24.7. The molecule has 0 radical (unpaired) electrons. The highest BCUT2D eigenvalue weighted by atomic mass is 16.3. The minimum atomic E-state index is -0.0696. The van der Waals surface area contributed by atoms with E-state index < -0.39 is 0 Å². The van der Waals surface area contributed by atoms with Gasteiger partial charge in [0.1, 0.15) is 5.78 Å². The third-order valence-electron chi connectivity index (χ3n) is 5.33. The van der Waals surface area contributed by atoms with Crippen LogP contribution in [0.2, 0.25) is 0 Å². The number of fused-ring (bicyclic) bond motifs is 3. The van der Waals surface area contributed by atoms with E-state index in [0.717, 1.165) is 37.1 Å². The van der Waals surface area contributed by atoms with Crippen LogP contribution in [-0.4, -0.2) is 34.0 Å². The second-order valence-electron chi connectivity index (χ2n) is 7.39. The van der Waals surface area contributed by atoms with E-state index >= 15 is 0 Å². The molecule has 0 amide bonds. The first kappa shape index (κ1) is 16.6. The van der Waals surface area contributed by atoms with Crippen molar-refractivity contribution in [3.05, 3.63) is 34.4 Å². The Morgan fingerprint density at radius 2 is 1.91 bits per heavy atom. The summed E-state index contributed by atoms with van der Waals surface area (Å²) < 4.78 is 0. The Balaban J connectivity index is 1.89. The Kier molecular flexibility index (Phi) is 4.85. The Hall–Kier alpha value is -1.23. The van der Waals surface area contributed by atoms with Crippen molar-refractivity contribution in [3.63, 3.8) is 0 Å². The molecule has 0 aliphatic carbocycles. The van der Waals surface area contributed by atoms with E-state index in [1.165, 1.54) is 11.1 Å². The van der Waals surface area contributed by atoms with Gasteiger partial charge in [-0.1, -0.05) is 26.0 Å². The molecule has 1 fully saturated rings. The Morgan fingerprint density at radius 3 is 2.57 bits per heavy atom. The lowest BCUT2D eigenvalue weighted by atomic mass is 9.79. The molecule has 0 spiro atoms. The van der Waals surface area contributed by atoms with Crippen LogP contribution in [0, 0.1) is 11.8 Å². The topological polar surface area (TPSA) is 60.8 Å². The standard InChI is InChI=1S/C19H27NO3/c1-12(2)5-14-9-20-4-3-13-6-15(10-21)16(11-22)7-17(13)18(20)8-19(14)23/h6-7,12,14,18,21-22H,3-5,8-11H2,1-2H3/t14-,18-/m0/s1. The molecule has 1 aromatic rings. The number of benzene rings is 1. The highest BCUT2D eigenvalue weighted by Crippen LogP contribution is 2.39. The van der Waals surface area contributed by atoms with Crippen molar-refractivity contribution in [1.29, 1.82) is 0 Å². The van der Waals surface area contributed by atoms with Gasteiger partial charge in [0.2, 0.25) is 0 Å². The summed E-state index contributed by atoms with van der Waals surface area (Å²) in [5.74, 6) is 1.09. The predicted molar refractivity (Wildman–Crippen MR) is 88.9 cm³/mol. The number of piperidine rings is 1. The predicted octanol–water partition coefficient (Wildman–Crippen LogP) is 2.21. The third kappa shape index (κ3) is 3.21. The van der Waals surface area contributed by atoms with Gasteiger partial charge in [0, 0.05) is 31.5 Å². The summed E-state index contributed by atoms with van der Waals surface area (Å²) in [4.78, 5) is 15.0. The number of Topliss-reactive ketones (excluding diaryl/α,β-unsaturated/α-hetero) is 1. The van der Waals surface area contributed by atoms with Gasteiger partial charge in [-0.25, -0.2) is 0 Å². The quantitative estimate of drug-likeness (QED) is 0.894. The van der Waals surface area contributed by atoms with E-state index in [1.807, 2.05) is 12.1 Å². The van der Waals surface area contributed by atoms with Gasteiger partial charge in [0.05, 0.1) is 13.2 Å². The van der Waals surface area contributed by atoms with E-state index in [2.05, 4.69) is 18.7 Å². The smallest absolute Gasteiger partial charge is 0.139 e. The molecule has 0 saturated carbocycles. The van der Waals surface area contributed by atoms with Crippen molar-refractivity contribution in [3.8, 4) is 0 Å². The summed E-state index contributed by atoms with van der Waals surface area (Å²) >= 11 is 0. The molecule has 1 saturated heterocycles. The average Bonchev–Trinajstić information content (AvgIpc) is 2.53. The fraction of sp³-hybridized carbons (Fsp3) is 0.632.